The molecule has 0 aromatic rings. The van der Waals surface area contributed by atoms with E-state index in [9.17, 15) is 8.42 Å². The highest BCUT2D eigenvalue weighted by Gasteiger charge is 2.43. The minimum atomic E-state index is -4.50. The molecule has 0 rings (SSSR count). The molecular formula is C3H6Cl4O3S. The fourth-order valence-electron chi connectivity index (χ4n) is 0.205. The van der Waals surface area contributed by atoms with E-state index in [1.807, 2.05) is 0 Å². The Labute approximate surface area is 86.2 Å². The first-order valence-electron chi connectivity index (χ1n) is 2.18. The Balaban J connectivity index is 0. The normalized spacial score (nSPS) is 15.4. The quantitative estimate of drug-likeness (QED) is 0.613. The van der Waals surface area contributed by atoms with Crippen LogP contribution in [0.15, 0.2) is 0 Å². The standard InChI is InChI=1S/C3H5Cl3O3S.ClH/c1-2(4)3(5,6)10(7,8)9;/h2H,1H3,(H,7,8,9);1H. The smallest absolute Gasteiger partial charge is 0.283 e. The van der Waals surface area contributed by atoms with Gasteiger partial charge in [0.05, 0.1) is 5.38 Å². The number of rotatable bonds is 2. The molecule has 0 aromatic carbocycles. The van der Waals surface area contributed by atoms with Crippen LogP contribution in [0.25, 0.3) is 0 Å². The molecule has 0 spiro atoms. The van der Waals surface area contributed by atoms with E-state index in [1.54, 1.807) is 0 Å². The summed E-state index contributed by atoms with van der Waals surface area (Å²) >= 11 is 15.5. The molecule has 0 aliphatic carbocycles. The Hall–Kier alpha value is 1.07. The predicted molar refractivity (Wildman–Crippen MR) is 48.5 cm³/mol. The lowest BCUT2D eigenvalue weighted by atomic mass is 10.5. The Bertz CT molecular complexity index is 209. The van der Waals surface area contributed by atoms with Gasteiger partial charge in [-0.2, -0.15) is 8.42 Å². The highest BCUT2D eigenvalue weighted by Crippen LogP contribution is 2.33. The Kier molecular flexibility index (Phi) is 5.76. The van der Waals surface area contributed by atoms with Gasteiger partial charge >= 0.3 is 10.1 Å². The summed E-state index contributed by atoms with van der Waals surface area (Å²) in [7, 11) is -4.50. The molecule has 0 amide bonds. The van der Waals surface area contributed by atoms with E-state index < -0.39 is 19.2 Å². The molecule has 1 N–H and O–H groups in total. The summed E-state index contributed by atoms with van der Waals surface area (Å²) < 4.78 is 26.6. The van der Waals surface area contributed by atoms with Gasteiger partial charge in [0.1, 0.15) is 0 Å². The maximum absolute atomic E-state index is 10.3. The van der Waals surface area contributed by atoms with Crippen molar-refractivity contribution < 1.29 is 13.0 Å². The van der Waals surface area contributed by atoms with Crippen molar-refractivity contribution in [3.63, 3.8) is 0 Å². The maximum Gasteiger partial charge on any atom is 0.300 e. The van der Waals surface area contributed by atoms with Crippen LogP contribution >= 0.6 is 47.2 Å². The monoisotopic (exact) mass is 262 g/mol. The van der Waals surface area contributed by atoms with Gasteiger partial charge in [-0.1, -0.05) is 23.2 Å². The van der Waals surface area contributed by atoms with Crippen molar-refractivity contribution in [2.24, 2.45) is 0 Å². The van der Waals surface area contributed by atoms with Crippen LogP contribution in [0.3, 0.4) is 0 Å². The van der Waals surface area contributed by atoms with Crippen LogP contribution in [0.1, 0.15) is 6.92 Å². The van der Waals surface area contributed by atoms with Gasteiger partial charge in [-0.3, -0.25) is 4.55 Å². The van der Waals surface area contributed by atoms with Crippen molar-refractivity contribution in [2.45, 2.75) is 16.0 Å². The lowest BCUT2D eigenvalue weighted by molar-refractivity contribution is 0.473. The average Bonchev–Trinajstić information content (AvgIpc) is 1.62. The topological polar surface area (TPSA) is 54.4 Å². The van der Waals surface area contributed by atoms with Gasteiger partial charge in [-0.25, -0.2) is 0 Å². The van der Waals surface area contributed by atoms with Crippen molar-refractivity contribution in [1.29, 1.82) is 0 Å². The van der Waals surface area contributed by atoms with Crippen molar-refractivity contribution in [3.05, 3.63) is 0 Å². The van der Waals surface area contributed by atoms with Gasteiger partial charge < -0.3 is 0 Å². The van der Waals surface area contributed by atoms with E-state index in [0.29, 0.717) is 0 Å². The summed E-state index contributed by atoms with van der Waals surface area (Å²) in [5, 5.41) is -1.08. The van der Waals surface area contributed by atoms with Crippen LogP contribution < -0.4 is 0 Å². The Morgan fingerprint density at radius 2 is 1.73 bits per heavy atom. The first-order chi connectivity index (χ1) is 4.19. The fraction of sp³-hybridized carbons (Fsp3) is 1.00. The van der Waals surface area contributed by atoms with Crippen molar-refractivity contribution in [1.82, 2.24) is 0 Å². The maximum atomic E-state index is 10.3. The van der Waals surface area contributed by atoms with Crippen LogP contribution in [0.4, 0.5) is 0 Å². The highest BCUT2D eigenvalue weighted by atomic mass is 35.5. The third-order valence-electron chi connectivity index (χ3n) is 0.807. The number of alkyl halides is 3. The molecule has 70 valence electrons. The molecule has 0 fully saturated rings. The average molecular weight is 264 g/mol. The number of hydrogen-bond donors (Lipinski definition) is 1. The minimum absolute atomic E-state index is 0. The third-order valence-corrected chi connectivity index (χ3v) is 4.35. The molecule has 0 saturated carbocycles. The number of hydrogen-bond acceptors (Lipinski definition) is 2. The van der Waals surface area contributed by atoms with Crippen molar-refractivity contribution >= 4 is 57.3 Å². The first-order valence-corrected chi connectivity index (χ1v) is 4.81. The van der Waals surface area contributed by atoms with E-state index in [1.165, 1.54) is 6.92 Å². The molecule has 0 bridgehead atoms. The molecule has 1 atom stereocenters. The SMILES string of the molecule is CC(Cl)C(Cl)(Cl)S(=O)(=O)O.Cl. The Morgan fingerprint density at radius 3 is 1.73 bits per heavy atom. The van der Waals surface area contributed by atoms with Crippen LogP contribution in [0.5, 0.6) is 0 Å². The molecule has 8 heteroatoms. The molecule has 0 heterocycles. The Morgan fingerprint density at radius 1 is 1.45 bits per heavy atom. The molecule has 3 nitrogen and oxygen atoms in total. The van der Waals surface area contributed by atoms with Crippen LogP contribution in [-0.4, -0.2) is 22.0 Å². The second-order valence-corrected chi connectivity index (χ2v) is 5.74. The summed E-state index contributed by atoms with van der Waals surface area (Å²) in [5.41, 5.74) is 0. The van der Waals surface area contributed by atoms with E-state index >= 15 is 0 Å². The summed E-state index contributed by atoms with van der Waals surface area (Å²) in [5.74, 6) is 0. The van der Waals surface area contributed by atoms with Gasteiger partial charge in [0.25, 0.3) is 3.67 Å². The zero-order valence-electron chi connectivity index (χ0n) is 5.29. The predicted octanol–water partition coefficient (Wildman–Crippen LogP) is 2.05. The molecule has 0 aliphatic heterocycles. The van der Waals surface area contributed by atoms with Crippen molar-refractivity contribution in [3.8, 4) is 0 Å². The van der Waals surface area contributed by atoms with E-state index in [4.69, 9.17) is 39.4 Å². The molecule has 0 radical (unpaired) electrons. The van der Waals surface area contributed by atoms with Gasteiger partial charge in [0.2, 0.25) is 0 Å². The van der Waals surface area contributed by atoms with E-state index in [2.05, 4.69) is 0 Å². The molecule has 11 heavy (non-hydrogen) atoms. The highest BCUT2D eigenvalue weighted by molar-refractivity contribution is 7.90. The lowest BCUT2D eigenvalue weighted by Gasteiger charge is -2.17. The summed E-state index contributed by atoms with van der Waals surface area (Å²) in [6.45, 7) is 1.26. The van der Waals surface area contributed by atoms with Gasteiger partial charge in [-0.15, -0.1) is 24.0 Å². The molecular weight excluding hydrogens is 258 g/mol. The lowest BCUT2D eigenvalue weighted by Crippen LogP contribution is -2.33. The van der Waals surface area contributed by atoms with Crippen LogP contribution in [0.2, 0.25) is 0 Å². The summed E-state index contributed by atoms with van der Waals surface area (Å²) in [6.07, 6.45) is 0. The molecule has 1 unspecified atom stereocenters. The van der Waals surface area contributed by atoms with Gasteiger partial charge in [0, 0.05) is 0 Å². The van der Waals surface area contributed by atoms with E-state index in [-0.39, 0.29) is 12.4 Å². The molecule has 0 saturated heterocycles. The second-order valence-electron chi connectivity index (χ2n) is 1.65. The fourth-order valence-corrected chi connectivity index (χ4v) is 0.953. The van der Waals surface area contributed by atoms with Gasteiger partial charge in [-0.05, 0) is 6.92 Å². The van der Waals surface area contributed by atoms with Crippen LogP contribution in [0, 0.1) is 0 Å². The zero-order chi connectivity index (χ0) is 8.58. The zero-order valence-corrected chi connectivity index (χ0v) is 9.19. The summed E-state index contributed by atoms with van der Waals surface area (Å²) in [6, 6.07) is 0. The van der Waals surface area contributed by atoms with Crippen molar-refractivity contribution in [2.75, 3.05) is 0 Å². The third kappa shape index (κ3) is 3.53. The molecule has 0 aromatic heterocycles. The summed E-state index contributed by atoms with van der Waals surface area (Å²) in [4.78, 5) is 0. The first kappa shape index (κ1) is 14.6. The second kappa shape index (κ2) is 4.35. The largest absolute Gasteiger partial charge is 0.300 e. The minimum Gasteiger partial charge on any atom is -0.283 e. The number of halogens is 4. The molecule has 0 aliphatic rings. The van der Waals surface area contributed by atoms with E-state index in [0.717, 1.165) is 0 Å². The van der Waals surface area contributed by atoms with Crippen LogP contribution in [-0.2, 0) is 10.1 Å². The van der Waals surface area contributed by atoms with Gasteiger partial charge in [0.15, 0.2) is 0 Å².